The lowest BCUT2D eigenvalue weighted by atomic mass is 9.94. The molecule has 0 aliphatic heterocycles. The first-order valence-electron chi connectivity index (χ1n) is 9.29. The zero-order valence-electron chi connectivity index (χ0n) is 14.8. The molecule has 1 aliphatic carbocycles. The SMILES string of the molecule is CCOc1ccccc1CCC(C)NCC1(O)CCCCCC1. The van der Waals surface area contributed by atoms with Crippen LogP contribution in [0.15, 0.2) is 24.3 Å². The van der Waals surface area contributed by atoms with Gasteiger partial charge in [-0.3, -0.25) is 0 Å². The van der Waals surface area contributed by atoms with E-state index < -0.39 is 5.60 Å². The van der Waals surface area contributed by atoms with Gasteiger partial charge in [0, 0.05) is 12.6 Å². The highest BCUT2D eigenvalue weighted by molar-refractivity contribution is 5.33. The number of rotatable bonds is 8. The Hall–Kier alpha value is -1.06. The number of aryl methyl sites for hydroxylation is 1. The molecule has 1 atom stereocenters. The summed E-state index contributed by atoms with van der Waals surface area (Å²) in [6, 6.07) is 8.70. The Kier molecular flexibility index (Phi) is 7.38. The third kappa shape index (κ3) is 6.15. The topological polar surface area (TPSA) is 41.5 Å². The van der Waals surface area contributed by atoms with Crippen LogP contribution in [0.5, 0.6) is 5.75 Å². The molecular formula is C20H33NO2. The standard InChI is InChI=1S/C20H33NO2/c1-3-23-19-11-7-6-10-18(19)13-12-17(2)21-16-20(22)14-8-4-5-9-15-20/h6-7,10-11,17,21-22H,3-5,8-9,12-16H2,1-2H3. The highest BCUT2D eigenvalue weighted by Gasteiger charge is 2.27. The molecule has 0 saturated heterocycles. The first-order valence-corrected chi connectivity index (χ1v) is 9.29. The highest BCUT2D eigenvalue weighted by atomic mass is 16.5. The second kappa shape index (κ2) is 9.29. The molecule has 3 heteroatoms. The predicted octanol–water partition coefficient (Wildman–Crippen LogP) is 4.08. The van der Waals surface area contributed by atoms with Crippen molar-refractivity contribution in [3.05, 3.63) is 29.8 Å². The van der Waals surface area contributed by atoms with Gasteiger partial charge in [0.2, 0.25) is 0 Å². The first kappa shape index (κ1) is 18.3. The summed E-state index contributed by atoms with van der Waals surface area (Å²) < 4.78 is 5.69. The number of hydrogen-bond donors (Lipinski definition) is 2. The van der Waals surface area contributed by atoms with Crippen molar-refractivity contribution in [3.8, 4) is 5.75 Å². The first-order chi connectivity index (χ1) is 11.1. The van der Waals surface area contributed by atoms with E-state index in [1.54, 1.807) is 0 Å². The fourth-order valence-corrected chi connectivity index (χ4v) is 3.41. The molecular weight excluding hydrogens is 286 g/mol. The van der Waals surface area contributed by atoms with Crippen LogP contribution in [0, 0.1) is 0 Å². The molecule has 2 N–H and O–H groups in total. The van der Waals surface area contributed by atoms with Crippen LogP contribution in [0.3, 0.4) is 0 Å². The van der Waals surface area contributed by atoms with Gasteiger partial charge in [-0.15, -0.1) is 0 Å². The van der Waals surface area contributed by atoms with Crippen LogP contribution < -0.4 is 10.1 Å². The normalized spacial score (nSPS) is 19.1. The summed E-state index contributed by atoms with van der Waals surface area (Å²) in [5, 5.41) is 14.3. The van der Waals surface area contributed by atoms with E-state index in [-0.39, 0.29) is 0 Å². The van der Waals surface area contributed by atoms with Gasteiger partial charge in [0.05, 0.1) is 12.2 Å². The van der Waals surface area contributed by atoms with Gasteiger partial charge in [0.15, 0.2) is 0 Å². The van der Waals surface area contributed by atoms with E-state index in [0.29, 0.717) is 12.6 Å². The minimum Gasteiger partial charge on any atom is -0.494 e. The molecule has 0 spiro atoms. The summed E-state index contributed by atoms with van der Waals surface area (Å²) in [7, 11) is 0. The van der Waals surface area contributed by atoms with Crippen LogP contribution >= 0.6 is 0 Å². The molecule has 0 amide bonds. The lowest BCUT2D eigenvalue weighted by Gasteiger charge is -2.29. The maximum absolute atomic E-state index is 10.7. The van der Waals surface area contributed by atoms with Crippen LogP contribution in [-0.4, -0.2) is 29.9 Å². The lowest BCUT2D eigenvalue weighted by molar-refractivity contribution is 0.0230. The van der Waals surface area contributed by atoms with Crippen molar-refractivity contribution in [1.82, 2.24) is 5.32 Å². The Balaban J connectivity index is 1.77. The Labute approximate surface area is 141 Å². The quantitative estimate of drug-likeness (QED) is 0.709. The molecule has 2 rings (SSSR count). The third-order valence-electron chi connectivity index (χ3n) is 4.93. The van der Waals surface area contributed by atoms with Gasteiger partial charge in [-0.2, -0.15) is 0 Å². The maximum atomic E-state index is 10.7. The third-order valence-corrected chi connectivity index (χ3v) is 4.93. The minimum atomic E-state index is -0.492. The smallest absolute Gasteiger partial charge is 0.122 e. The summed E-state index contributed by atoms with van der Waals surface area (Å²) in [6.45, 7) is 5.66. The maximum Gasteiger partial charge on any atom is 0.122 e. The molecule has 130 valence electrons. The van der Waals surface area contributed by atoms with E-state index >= 15 is 0 Å². The molecule has 1 aromatic rings. The molecule has 1 saturated carbocycles. The van der Waals surface area contributed by atoms with E-state index in [1.807, 2.05) is 19.1 Å². The predicted molar refractivity (Wildman–Crippen MR) is 96.0 cm³/mol. The van der Waals surface area contributed by atoms with Crippen molar-refractivity contribution >= 4 is 0 Å². The monoisotopic (exact) mass is 319 g/mol. The van der Waals surface area contributed by atoms with E-state index in [2.05, 4.69) is 24.4 Å². The molecule has 1 fully saturated rings. The molecule has 3 nitrogen and oxygen atoms in total. The Morgan fingerprint density at radius 3 is 2.57 bits per heavy atom. The number of ether oxygens (including phenoxy) is 1. The molecule has 0 radical (unpaired) electrons. The van der Waals surface area contributed by atoms with Gasteiger partial charge in [0.25, 0.3) is 0 Å². The zero-order chi connectivity index (χ0) is 16.5. The number of nitrogens with one attached hydrogen (secondary N) is 1. The summed E-state index contributed by atoms with van der Waals surface area (Å²) in [6.07, 6.45) is 8.81. The molecule has 1 aliphatic rings. The van der Waals surface area contributed by atoms with Crippen molar-refractivity contribution in [3.63, 3.8) is 0 Å². The van der Waals surface area contributed by atoms with Crippen molar-refractivity contribution < 1.29 is 9.84 Å². The van der Waals surface area contributed by atoms with E-state index in [0.717, 1.165) is 50.8 Å². The van der Waals surface area contributed by atoms with Gasteiger partial charge in [-0.1, -0.05) is 43.9 Å². The lowest BCUT2D eigenvalue weighted by Crippen LogP contribution is -2.43. The number of aliphatic hydroxyl groups is 1. The molecule has 1 unspecified atom stereocenters. The summed E-state index contributed by atoms with van der Waals surface area (Å²) in [4.78, 5) is 0. The number of para-hydroxylation sites is 1. The Morgan fingerprint density at radius 1 is 1.17 bits per heavy atom. The molecule has 0 bridgehead atoms. The fourth-order valence-electron chi connectivity index (χ4n) is 3.41. The van der Waals surface area contributed by atoms with Gasteiger partial charge in [-0.05, 0) is 51.2 Å². The largest absolute Gasteiger partial charge is 0.494 e. The number of benzene rings is 1. The van der Waals surface area contributed by atoms with Gasteiger partial charge < -0.3 is 15.2 Å². The van der Waals surface area contributed by atoms with Gasteiger partial charge in [-0.25, -0.2) is 0 Å². The average Bonchev–Trinajstić information content (AvgIpc) is 2.78. The second-order valence-electron chi connectivity index (χ2n) is 7.00. The van der Waals surface area contributed by atoms with Gasteiger partial charge >= 0.3 is 0 Å². The summed E-state index contributed by atoms with van der Waals surface area (Å²) >= 11 is 0. The average molecular weight is 319 g/mol. The van der Waals surface area contributed by atoms with Crippen LogP contribution in [0.1, 0.15) is 64.4 Å². The highest BCUT2D eigenvalue weighted by Crippen LogP contribution is 2.26. The minimum absolute atomic E-state index is 0.400. The van der Waals surface area contributed by atoms with E-state index in [4.69, 9.17) is 4.74 Å². The number of hydrogen-bond acceptors (Lipinski definition) is 3. The second-order valence-corrected chi connectivity index (χ2v) is 7.00. The molecule has 0 aromatic heterocycles. The van der Waals surface area contributed by atoms with Crippen molar-refractivity contribution in [1.29, 1.82) is 0 Å². The molecule has 1 aromatic carbocycles. The Morgan fingerprint density at radius 2 is 1.87 bits per heavy atom. The van der Waals surface area contributed by atoms with Crippen molar-refractivity contribution in [2.24, 2.45) is 0 Å². The molecule has 23 heavy (non-hydrogen) atoms. The van der Waals surface area contributed by atoms with Crippen molar-refractivity contribution in [2.75, 3.05) is 13.2 Å². The fraction of sp³-hybridized carbons (Fsp3) is 0.700. The Bertz CT molecular complexity index is 453. The van der Waals surface area contributed by atoms with Crippen molar-refractivity contribution in [2.45, 2.75) is 76.9 Å². The van der Waals surface area contributed by atoms with Crippen LogP contribution in [0.2, 0.25) is 0 Å². The van der Waals surface area contributed by atoms with Gasteiger partial charge in [0.1, 0.15) is 5.75 Å². The van der Waals surface area contributed by atoms with Crippen LogP contribution in [-0.2, 0) is 6.42 Å². The summed E-state index contributed by atoms with van der Waals surface area (Å²) in [5.41, 5.74) is 0.782. The zero-order valence-corrected chi connectivity index (χ0v) is 14.8. The summed E-state index contributed by atoms with van der Waals surface area (Å²) in [5.74, 6) is 1.00. The van der Waals surface area contributed by atoms with Crippen LogP contribution in [0.25, 0.3) is 0 Å². The molecule has 0 heterocycles. The van der Waals surface area contributed by atoms with E-state index in [9.17, 15) is 5.11 Å². The van der Waals surface area contributed by atoms with E-state index in [1.165, 1.54) is 18.4 Å². The van der Waals surface area contributed by atoms with Crippen LogP contribution in [0.4, 0.5) is 0 Å².